The van der Waals surface area contributed by atoms with Crippen LogP contribution < -0.4 is 10.8 Å². The Morgan fingerprint density at radius 1 is 0.679 bits per heavy atom. The molecule has 0 spiro atoms. The van der Waals surface area contributed by atoms with Crippen molar-refractivity contribution in [3.05, 3.63) is 0 Å². The molecule has 0 aliphatic carbocycles. The van der Waals surface area contributed by atoms with Crippen LogP contribution in [0.2, 0.25) is 0 Å². The lowest BCUT2D eigenvalue weighted by atomic mass is 9.86. The third-order valence-electron chi connectivity index (χ3n) is 2.65. The van der Waals surface area contributed by atoms with Gasteiger partial charge in [0.2, 0.25) is 0 Å². The van der Waals surface area contributed by atoms with E-state index in [9.17, 15) is 75.8 Å². The van der Waals surface area contributed by atoms with Crippen molar-refractivity contribution in [3.63, 3.8) is 0 Å². The van der Waals surface area contributed by atoms with E-state index in [2.05, 4.69) is 5.73 Å². The first-order chi connectivity index (χ1) is 11.9. The number of quaternary nitrogens is 1. The summed E-state index contributed by atoms with van der Waals surface area (Å²) in [6.07, 6.45) is -16.1. The topological polar surface area (TPSA) is 67.8 Å². The third-order valence-corrected chi connectivity index (χ3v) is 2.65. The van der Waals surface area contributed by atoms with Gasteiger partial charge in [0.15, 0.2) is 0 Å². The fourth-order valence-electron chi connectivity index (χ4n) is 1.26. The Morgan fingerprint density at radius 2 is 0.929 bits per heavy atom. The van der Waals surface area contributed by atoms with Gasteiger partial charge in [-0.1, -0.05) is 0 Å². The minimum Gasteiger partial charge on any atom is -0.544 e. The van der Waals surface area contributed by atoms with Crippen molar-refractivity contribution in [3.8, 4) is 0 Å². The summed E-state index contributed by atoms with van der Waals surface area (Å²) in [4.78, 5) is 9.63. The standard InChI is InChI=1S/C8HF15O2.C2H7N/c9-2(10,1(24)25)4(12,13)6(16,17)5(14,15)3(11,7(18,19)20)8(21,22)23;1-2-3/h(H,24,25);2-3H2,1H3. The van der Waals surface area contributed by atoms with Gasteiger partial charge in [0.1, 0.15) is 5.97 Å². The number of rotatable bonds is 5. The first kappa shape index (κ1) is 28.6. The number of alkyl halides is 15. The van der Waals surface area contributed by atoms with E-state index < -0.39 is 47.7 Å². The van der Waals surface area contributed by atoms with E-state index >= 15 is 0 Å². The van der Waals surface area contributed by atoms with Crippen LogP contribution in [0.1, 0.15) is 6.92 Å². The van der Waals surface area contributed by atoms with Gasteiger partial charge in [-0.05, 0) is 6.92 Å². The highest BCUT2D eigenvalue weighted by Gasteiger charge is 2.95. The lowest BCUT2D eigenvalue weighted by Crippen LogP contribution is -2.76. The summed E-state index contributed by atoms with van der Waals surface area (Å²) in [6, 6.07) is 0. The number of carboxylic acids is 1. The van der Waals surface area contributed by atoms with Crippen LogP contribution in [0.4, 0.5) is 65.9 Å². The van der Waals surface area contributed by atoms with Crippen LogP contribution in [0.3, 0.4) is 0 Å². The van der Waals surface area contributed by atoms with Gasteiger partial charge in [0.25, 0.3) is 0 Å². The molecule has 3 nitrogen and oxygen atoms in total. The van der Waals surface area contributed by atoms with Gasteiger partial charge >= 0.3 is 41.7 Å². The van der Waals surface area contributed by atoms with Crippen molar-refractivity contribution >= 4 is 5.97 Å². The highest BCUT2D eigenvalue weighted by Crippen LogP contribution is 2.63. The van der Waals surface area contributed by atoms with Gasteiger partial charge in [0.05, 0.1) is 6.54 Å². The average molecular weight is 459 g/mol. The van der Waals surface area contributed by atoms with Crippen molar-refractivity contribution in [2.24, 2.45) is 0 Å². The van der Waals surface area contributed by atoms with E-state index in [1.807, 2.05) is 6.92 Å². The number of carbonyl (C=O) groups excluding carboxylic acids is 1. The highest BCUT2D eigenvalue weighted by atomic mass is 19.4. The molecule has 0 heterocycles. The number of hydrogen-bond donors (Lipinski definition) is 1. The van der Waals surface area contributed by atoms with Gasteiger partial charge < -0.3 is 15.6 Å². The molecule has 0 rings (SSSR count). The molecule has 0 bridgehead atoms. The molecule has 0 saturated heterocycles. The Morgan fingerprint density at radius 3 is 1.11 bits per heavy atom. The number of carboxylic acid groups (broad SMARTS) is 1. The maximum atomic E-state index is 13.0. The molecule has 0 aromatic carbocycles. The highest BCUT2D eigenvalue weighted by molar-refractivity contribution is 5.75. The second kappa shape index (κ2) is 7.66. The van der Waals surface area contributed by atoms with E-state index in [1.54, 1.807) is 0 Å². The van der Waals surface area contributed by atoms with E-state index in [0.717, 1.165) is 6.54 Å². The molecule has 0 aliphatic rings. The second-order valence-electron chi connectivity index (χ2n) is 4.74. The summed E-state index contributed by atoms with van der Waals surface area (Å²) >= 11 is 0. The van der Waals surface area contributed by atoms with E-state index in [4.69, 9.17) is 0 Å². The van der Waals surface area contributed by atoms with Gasteiger partial charge in [0, 0.05) is 0 Å². The Bertz CT molecular complexity index is 536. The Labute approximate surface area is 144 Å². The predicted octanol–water partition coefficient (Wildman–Crippen LogP) is 2.36. The number of carbonyl (C=O) groups is 1. The molecule has 0 atom stereocenters. The maximum absolute atomic E-state index is 13.0. The van der Waals surface area contributed by atoms with Crippen LogP contribution in [0.15, 0.2) is 0 Å². The summed E-state index contributed by atoms with van der Waals surface area (Å²) in [5.41, 5.74) is -4.96. The quantitative estimate of drug-likeness (QED) is 0.642. The lowest BCUT2D eigenvalue weighted by Gasteiger charge is -2.43. The van der Waals surface area contributed by atoms with Crippen molar-refractivity contribution in [1.29, 1.82) is 0 Å². The molecule has 0 aliphatic heterocycles. The summed E-state index contributed by atoms with van der Waals surface area (Å²) in [5, 5.41) is 9.63. The zero-order valence-corrected chi connectivity index (χ0v) is 12.9. The van der Waals surface area contributed by atoms with E-state index in [1.165, 1.54) is 0 Å². The minimum atomic E-state index is -8.63. The minimum absolute atomic E-state index is 1.00. The molecule has 0 aromatic rings. The third kappa shape index (κ3) is 3.91. The molecular formula is C10H8F15NO2. The van der Waals surface area contributed by atoms with E-state index in [0.29, 0.717) is 0 Å². The second-order valence-corrected chi connectivity index (χ2v) is 4.74. The Balaban J connectivity index is 0. The number of aliphatic carboxylic acids is 1. The molecule has 3 N–H and O–H groups in total. The Kier molecular flexibility index (Phi) is 7.82. The van der Waals surface area contributed by atoms with E-state index in [-0.39, 0.29) is 0 Å². The van der Waals surface area contributed by atoms with Crippen LogP contribution in [0, 0.1) is 0 Å². The van der Waals surface area contributed by atoms with Crippen LogP contribution in [0.5, 0.6) is 0 Å². The zero-order valence-electron chi connectivity index (χ0n) is 12.9. The van der Waals surface area contributed by atoms with Crippen LogP contribution in [0.25, 0.3) is 0 Å². The van der Waals surface area contributed by atoms with Gasteiger partial charge in [-0.15, -0.1) is 0 Å². The van der Waals surface area contributed by atoms with Crippen molar-refractivity contribution in [2.45, 2.75) is 48.6 Å². The smallest absolute Gasteiger partial charge is 0.438 e. The molecule has 0 amide bonds. The van der Waals surface area contributed by atoms with Gasteiger partial charge in [-0.2, -0.15) is 61.5 Å². The number of hydrogen-bond acceptors (Lipinski definition) is 2. The van der Waals surface area contributed by atoms with Crippen molar-refractivity contribution in [1.82, 2.24) is 0 Å². The fourth-order valence-corrected chi connectivity index (χ4v) is 1.26. The summed E-state index contributed by atoms with van der Waals surface area (Å²) in [5.74, 6) is -37.2. The van der Waals surface area contributed by atoms with Gasteiger partial charge in [-0.25, -0.2) is 4.39 Å². The summed E-state index contributed by atoms with van der Waals surface area (Å²) in [7, 11) is 0. The average Bonchev–Trinajstić information content (AvgIpc) is 2.43. The monoisotopic (exact) mass is 459 g/mol. The fraction of sp³-hybridized carbons (Fsp3) is 0.900. The summed E-state index contributed by atoms with van der Waals surface area (Å²) in [6.45, 7) is 3.01. The molecule has 18 heteroatoms. The normalized spacial score (nSPS) is 15.0. The van der Waals surface area contributed by atoms with Crippen molar-refractivity contribution in [2.75, 3.05) is 6.54 Å². The molecule has 0 unspecified atom stereocenters. The SMILES string of the molecule is CC[NH3+].O=C([O-])C(F)(F)C(F)(F)C(F)(F)C(F)(F)C(F)(C(F)(F)F)C(F)(F)F. The maximum Gasteiger partial charge on any atom is 0.438 e. The molecular weight excluding hydrogens is 451 g/mol. The van der Waals surface area contributed by atoms with Crippen LogP contribution in [-0.2, 0) is 4.79 Å². The molecule has 0 radical (unpaired) electrons. The lowest BCUT2D eigenvalue weighted by molar-refractivity contribution is -0.458. The zero-order chi connectivity index (χ0) is 23.8. The molecule has 0 aromatic heterocycles. The summed E-state index contributed by atoms with van der Waals surface area (Å²) < 4.78 is 187. The first-order valence-electron chi connectivity index (χ1n) is 6.20. The number of halogens is 15. The predicted molar refractivity (Wildman–Crippen MR) is 54.2 cm³/mol. The van der Waals surface area contributed by atoms with Gasteiger partial charge in [-0.3, -0.25) is 0 Å². The molecule has 28 heavy (non-hydrogen) atoms. The molecule has 0 saturated carbocycles. The van der Waals surface area contributed by atoms with Crippen LogP contribution >= 0.6 is 0 Å². The Hall–Kier alpha value is -1.62. The van der Waals surface area contributed by atoms with Crippen LogP contribution in [-0.4, -0.2) is 54.2 Å². The first-order valence-corrected chi connectivity index (χ1v) is 6.20. The van der Waals surface area contributed by atoms with Crippen molar-refractivity contribution < 1.29 is 81.5 Å². The molecule has 0 fully saturated rings. The largest absolute Gasteiger partial charge is 0.544 e. The molecule has 170 valence electrons.